The van der Waals surface area contributed by atoms with Crippen molar-refractivity contribution in [2.24, 2.45) is 0 Å². The molecule has 108 valence electrons. The van der Waals surface area contributed by atoms with Gasteiger partial charge in [0.05, 0.1) is 17.5 Å². The molecule has 0 atom stereocenters. The second kappa shape index (κ2) is 6.00. The highest BCUT2D eigenvalue weighted by molar-refractivity contribution is 7.88. The van der Waals surface area contributed by atoms with E-state index in [4.69, 9.17) is 16.9 Å². The molecule has 1 aliphatic rings. The molecule has 0 bridgehead atoms. The first-order valence-electron chi connectivity index (χ1n) is 6.31. The van der Waals surface area contributed by atoms with Crippen molar-refractivity contribution in [2.75, 3.05) is 24.7 Å². The van der Waals surface area contributed by atoms with Gasteiger partial charge in [0.15, 0.2) is 0 Å². The van der Waals surface area contributed by atoms with Crippen LogP contribution in [0.2, 0.25) is 5.02 Å². The van der Waals surface area contributed by atoms with Gasteiger partial charge in [-0.15, -0.1) is 0 Å². The Hall–Kier alpha value is -1.29. The molecule has 0 aliphatic carbocycles. The highest BCUT2D eigenvalue weighted by Crippen LogP contribution is 2.23. The van der Waals surface area contributed by atoms with Crippen molar-refractivity contribution in [1.82, 2.24) is 4.31 Å². The predicted octanol–water partition coefficient (Wildman–Crippen LogP) is 2.05. The number of sulfonamides is 1. The van der Waals surface area contributed by atoms with E-state index in [1.54, 1.807) is 18.2 Å². The van der Waals surface area contributed by atoms with Crippen LogP contribution in [0, 0.1) is 11.3 Å². The minimum absolute atomic E-state index is 0.168. The van der Waals surface area contributed by atoms with Gasteiger partial charge in [-0.2, -0.15) is 5.26 Å². The highest BCUT2D eigenvalue weighted by Gasteiger charge is 2.25. The minimum atomic E-state index is -3.10. The first-order chi connectivity index (χ1) is 9.40. The van der Waals surface area contributed by atoms with Gasteiger partial charge >= 0.3 is 0 Å². The van der Waals surface area contributed by atoms with E-state index >= 15 is 0 Å². The number of halogens is 1. The van der Waals surface area contributed by atoms with Crippen LogP contribution in [0.15, 0.2) is 18.2 Å². The van der Waals surface area contributed by atoms with Gasteiger partial charge in [-0.25, -0.2) is 12.7 Å². The normalized spacial score (nSPS) is 17.6. The third-order valence-corrected chi connectivity index (χ3v) is 4.92. The highest BCUT2D eigenvalue weighted by atomic mass is 35.5. The molecule has 5 nitrogen and oxygen atoms in total. The van der Waals surface area contributed by atoms with Crippen molar-refractivity contribution in [3.05, 3.63) is 28.8 Å². The van der Waals surface area contributed by atoms with E-state index in [0.29, 0.717) is 23.7 Å². The van der Waals surface area contributed by atoms with Gasteiger partial charge in [0.25, 0.3) is 0 Å². The van der Waals surface area contributed by atoms with Gasteiger partial charge in [-0.3, -0.25) is 0 Å². The molecule has 2 rings (SSSR count). The quantitative estimate of drug-likeness (QED) is 0.927. The summed E-state index contributed by atoms with van der Waals surface area (Å²) in [6, 6.07) is 7.41. The molecule has 0 amide bonds. The molecule has 7 heteroatoms. The number of benzene rings is 1. The van der Waals surface area contributed by atoms with E-state index in [2.05, 4.69) is 11.4 Å². The smallest absolute Gasteiger partial charge is 0.211 e. The van der Waals surface area contributed by atoms with Crippen molar-refractivity contribution in [3.8, 4) is 6.07 Å². The van der Waals surface area contributed by atoms with Crippen LogP contribution in [0.5, 0.6) is 0 Å². The molecule has 0 spiro atoms. The summed E-state index contributed by atoms with van der Waals surface area (Å²) in [6.07, 6.45) is 2.68. The summed E-state index contributed by atoms with van der Waals surface area (Å²) < 4.78 is 24.4. The Kier molecular flexibility index (Phi) is 4.53. The van der Waals surface area contributed by atoms with E-state index in [0.717, 1.165) is 18.5 Å². The van der Waals surface area contributed by atoms with Crippen LogP contribution < -0.4 is 5.32 Å². The minimum Gasteiger partial charge on any atom is -0.381 e. The van der Waals surface area contributed by atoms with Crippen LogP contribution in [0.1, 0.15) is 18.4 Å². The van der Waals surface area contributed by atoms with Crippen LogP contribution in [-0.4, -0.2) is 38.1 Å². The van der Waals surface area contributed by atoms with Crippen LogP contribution >= 0.6 is 11.6 Å². The van der Waals surface area contributed by atoms with Crippen molar-refractivity contribution in [3.63, 3.8) is 0 Å². The Morgan fingerprint density at radius 2 is 2.05 bits per heavy atom. The number of nitriles is 1. The molecule has 0 saturated carbocycles. The first kappa shape index (κ1) is 15.1. The lowest BCUT2D eigenvalue weighted by atomic mass is 10.1. The van der Waals surface area contributed by atoms with Crippen LogP contribution in [0.25, 0.3) is 0 Å². The zero-order valence-corrected chi connectivity index (χ0v) is 12.7. The van der Waals surface area contributed by atoms with Gasteiger partial charge in [0.1, 0.15) is 6.07 Å². The summed E-state index contributed by atoms with van der Waals surface area (Å²) in [5, 5.41) is 12.9. The number of nitrogens with one attached hydrogen (secondary N) is 1. The predicted molar refractivity (Wildman–Crippen MR) is 79.2 cm³/mol. The maximum Gasteiger partial charge on any atom is 0.211 e. The molecule has 0 radical (unpaired) electrons. The van der Waals surface area contributed by atoms with E-state index < -0.39 is 10.0 Å². The van der Waals surface area contributed by atoms with Crippen molar-refractivity contribution in [1.29, 1.82) is 5.26 Å². The van der Waals surface area contributed by atoms with Gasteiger partial charge in [-0.05, 0) is 31.0 Å². The second-order valence-corrected chi connectivity index (χ2v) is 7.30. The lowest BCUT2D eigenvalue weighted by Gasteiger charge is -2.31. The zero-order chi connectivity index (χ0) is 14.8. The maximum absolute atomic E-state index is 11.4. The van der Waals surface area contributed by atoms with Crippen molar-refractivity contribution >= 4 is 27.3 Å². The third-order valence-electron chi connectivity index (χ3n) is 3.38. The Bertz CT molecular complexity index is 632. The number of hydrogen-bond donors (Lipinski definition) is 1. The van der Waals surface area contributed by atoms with E-state index in [1.165, 1.54) is 10.6 Å². The molecule has 1 heterocycles. The SMILES string of the molecule is CS(=O)(=O)N1CCC(Nc2ccc(Cl)cc2C#N)CC1. The summed E-state index contributed by atoms with van der Waals surface area (Å²) >= 11 is 5.86. The van der Waals surface area contributed by atoms with Crippen molar-refractivity contribution < 1.29 is 8.42 Å². The summed E-state index contributed by atoms with van der Waals surface area (Å²) in [5.41, 5.74) is 1.25. The summed E-state index contributed by atoms with van der Waals surface area (Å²) in [7, 11) is -3.10. The number of nitrogens with zero attached hydrogens (tertiary/aromatic N) is 2. The molecule has 1 aliphatic heterocycles. The Morgan fingerprint density at radius 3 is 2.60 bits per heavy atom. The monoisotopic (exact) mass is 313 g/mol. The van der Waals surface area contributed by atoms with E-state index in [9.17, 15) is 8.42 Å². The van der Waals surface area contributed by atoms with Gasteiger partial charge < -0.3 is 5.32 Å². The lowest BCUT2D eigenvalue weighted by molar-refractivity contribution is 0.332. The Balaban J connectivity index is 2.02. The Morgan fingerprint density at radius 1 is 1.40 bits per heavy atom. The standard InChI is InChI=1S/C13H16ClN3O2S/c1-20(18,19)17-6-4-12(5-7-17)16-13-3-2-11(14)8-10(13)9-15/h2-3,8,12,16H,4-7H2,1H3. The first-order valence-corrected chi connectivity index (χ1v) is 8.54. The Labute approximate surface area is 124 Å². The van der Waals surface area contributed by atoms with Gasteiger partial charge in [-0.1, -0.05) is 11.6 Å². The topological polar surface area (TPSA) is 73.2 Å². The molecule has 1 aromatic rings. The number of anilines is 1. The number of hydrogen-bond acceptors (Lipinski definition) is 4. The van der Waals surface area contributed by atoms with Crippen molar-refractivity contribution in [2.45, 2.75) is 18.9 Å². The fourth-order valence-corrected chi connectivity index (χ4v) is 3.33. The summed E-state index contributed by atoms with van der Waals surface area (Å²) in [4.78, 5) is 0. The molecular weight excluding hydrogens is 298 g/mol. The molecule has 1 aromatic carbocycles. The number of rotatable bonds is 3. The van der Waals surface area contributed by atoms with Crippen LogP contribution in [0.3, 0.4) is 0 Å². The second-order valence-electron chi connectivity index (χ2n) is 4.88. The molecule has 20 heavy (non-hydrogen) atoms. The average molecular weight is 314 g/mol. The maximum atomic E-state index is 11.4. The third kappa shape index (κ3) is 3.63. The van der Waals surface area contributed by atoms with Crippen LogP contribution in [0.4, 0.5) is 5.69 Å². The summed E-state index contributed by atoms with van der Waals surface area (Å²) in [6.45, 7) is 1.01. The molecule has 0 unspecified atom stereocenters. The molecular formula is C13H16ClN3O2S. The molecule has 1 N–H and O–H groups in total. The van der Waals surface area contributed by atoms with Gasteiger partial charge in [0.2, 0.25) is 10.0 Å². The van der Waals surface area contributed by atoms with E-state index in [-0.39, 0.29) is 6.04 Å². The van der Waals surface area contributed by atoms with Gasteiger partial charge in [0, 0.05) is 24.2 Å². The molecule has 1 saturated heterocycles. The zero-order valence-electron chi connectivity index (χ0n) is 11.1. The molecule has 0 aromatic heterocycles. The fraction of sp³-hybridized carbons (Fsp3) is 0.462. The van der Waals surface area contributed by atoms with Crippen LogP contribution in [-0.2, 0) is 10.0 Å². The molecule has 1 fully saturated rings. The number of piperidine rings is 1. The fourth-order valence-electron chi connectivity index (χ4n) is 2.29. The summed E-state index contributed by atoms with van der Waals surface area (Å²) in [5.74, 6) is 0. The van der Waals surface area contributed by atoms with E-state index in [1.807, 2.05) is 0 Å². The lowest BCUT2D eigenvalue weighted by Crippen LogP contribution is -2.41. The average Bonchev–Trinajstić information content (AvgIpc) is 2.40. The largest absolute Gasteiger partial charge is 0.381 e.